The maximum atomic E-state index is 11.7. The highest BCUT2D eigenvalue weighted by atomic mass is 16.5. The molecule has 0 aromatic rings. The van der Waals surface area contributed by atoms with Crippen LogP contribution in [-0.2, 0) is 9.53 Å². The van der Waals surface area contributed by atoms with Gasteiger partial charge in [-0.15, -0.1) is 0 Å². The molecule has 2 fully saturated rings. The third-order valence-corrected chi connectivity index (χ3v) is 5.25. The van der Waals surface area contributed by atoms with Gasteiger partial charge >= 0.3 is 5.97 Å². The van der Waals surface area contributed by atoms with E-state index in [2.05, 4.69) is 13.8 Å². The number of esters is 1. The molecule has 0 bridgehead atoms. The smallest absolute Gasteiger partial charge is 0.334 e. The second-order valence-electron chi connectivity index (χ2n) is 7.25. The fourth-order valence-corrected chi connectivity index (χ4v) is 4.32. The highest BCUT2D eigenvalue weighted by Gasteiger charge is 2.58. The zero-order chi connectivity index (χ0) is 14.0. The molecule has 5 atom stereocenters. The molecule has 0 radical (unpaired) electrons. The van der Waals surface area contributed by atoms with Crippen LogP contribution in [0.25, 0.3) is 0 Å². The second kappa shape index (κ2) is 3.83. The van der Waals surface area contributed by atoms with Gasteiger partial charge in [-0.2, -0.15) is 0 Å². The van der Waals surface area contributed by atoms with Crippen molar-refractivity contribution in [3.63, 3.8) is 0 Å². The SMILES string of the molecule is C[C@H]1C=C2C(=O)OC[C@@H]2[C@@H](O)[C@@H]2CC(C)(C)C[C@]12O. The van der Waals surface area contributed by atoms with Crippen LogP contribution in [0.4, 0.5) is 0 Å². The molecule has 0 spiro atoms. The van der Waals surface area contributed by atoms with Gasteiger partial charge in [0.05, 0.1) is 17.6 Å². The molecule has 1 saturated heterocycles. The van der Waals surface area contributed by atoms with Gasteiger partial charge in [-0.25, -0.2) is 4.79 Å². The Morgan fingerprint density at radius 2 is 2.11 bits per heavy atom. The van der Waals surface area contributed by atoms with Crippen LogP contribution < -0.4 is 0 Å². The van der Waals surface area contributed by atoms with Crippen LogP contribution in [0.3, 0.4) is 0 Å². The van der Waals surface area contributed by atoms with E-state index in [0.717, 1.165) is 6.42 Å². The van der Waals surface area contributed by atoms with Gasteiger partial charge in [0.1, 0.15) is 6.61 Å². The number of carbonyl (C=O) groups is 1. The van der Waals surface area contributed by atoms with E-state index in [1.165, 1.54) is 0 Å². The number of carbonyl (C=O) groups excluding carboxylic acids is 1. The predicted molar refractivity (Wildman–Crippen MR) is 69.2 cm³/mol. The summed E-state index contributed by atoms with van der Waals surface area (Å²) in [4.78, 5) is 11.7. The maximum absolute atomic E-state index is 11.7. The molecule has 3 rings (SSSR count). The number of fused-ring (bicyclic) bond motifs is 2. The van der Waals surface area contributed by atoms with E-state index in [-0.39, 0.29) is 35.7 Å². The summed E-state index contributed by atoms with van der Waals surface area (Å²) in [5.41, 5.74) is -0.343. The molecule has 1 aliphatic heterocycles. The number of hydrogen-bond donors (Lipinski definition) is 2. The molecular weight excluding hydrogens is 244 g/mol. The summed E-state index contributed by atoms with van der Waals surface area (Å²) in [7, 11) is 0. The lowest BCUT2D eigenvalue weighted by Crippen LogP contribution is -2.45. The molecule has 1 saturated carbocycles. The summed E-state index contributed by atoms with van der Waals surface area (Å²) in [6.45, 7) is 6.42. The van der Waals surface area contributed by atoms with Crippen molar-refractivity contribution in [2.45, 2.75) is 45.3 Å². The van der Waals surface area contributed by atoms with Crippen molar-refractivity contribution in [2.75, 3.05) is 6.61 Å². The van der Waals surface area contributed by atoms with Crippen LogP contribution in [0.1, 0.15) is 33.6 Å². The molecule has 0 aromatic heterocycles. The van der Waals surface area contributed by atoms with Crippen molar-refractivity contribution in [3.8, 4) is 0 Å². The van der Waals surface area contributed by atoms with Crippen molar-refractivity contribution in [2.24, 2.45) is 23.2 Å². The molecule has 19 heavy (non-hydrogen) atoms. The van der Waals surface area contributed by atoms with E-state index in [1.807, 2.05) is 13.0 Å². The summed E-state index contributed by atoms with van der Waals surface area (Å²) in [6, 6.07) is 0. The minimum Gasteiger partial charge on any atom is -0.462 e. The average Bonchev–Trinajstić information content (AvgIpc) is 2.75. The first kappa shape index (κ1) is 13.1. The van der Waals surface area contributed by atoms with Crippen molar-refractivity contribution in [1.29, 1.82) is 0 Å². The van der Waals surface area contributed by atoms with Gasteiger partial charge in [-0.05, 0) is 18.3 Å². The van der Waals surface area contributed by atoms with Crippen molar-refractivity contribution >= 4 is 5.97 Å². The lowest BCUT2D eigenvalue weighted by molar-refractivity contribution is -0.135. The number of aliphatic hydroxyl groups excluding tert-OH is 1. The number of ether oxygens (including phenoxy) is 1. The van der Waals surface area contributed by atoms with Gasteiger partial charge in [0.15, 0.2) is 0 Å². The van der Waals surface area contributed by atoms with Gasteiger partial charge in [0.2, 0.25) is 0 Å². The van der Waals surface area contributed by atoms with Crippen molar-refractivity contribution in [3.05, 3.63) is 11.6 Å². The standard InChI is InChI=1S/C15H22O4/c1-8-4-9-10(6-19-13(9)17)12(16)11-5-14(2,3)7-15(8,11)18/h4,8,10-12,16,18H,5-7H2,1-3H3/t8-,10-,11-,12+,15-/m0/s1. The van der Waals surface area contributed by atoms with Gasteiger partial charge in [0.25, 0.3) is 0 Å². The van der Waals surface area contributed by atoms with Gasteiger partial charge in [0, 0.05) is 17.4 Å². The lowest BCUT2D eigenvalue weighted by Gasteiger charge is -2.36. The van der Waals surface area contributed by atoms with Crippen LogP contribution in [0.5, 0.6) is 0 Å². The Morgan fingerprint density at radius 3 is 2.79 bits per heavy atom. The summed E-state index contributed by atoms with van der Waals surface area (Å²) in [6.07, 6.45) is 2.56. The lowest BCUT2D eigenvalue weighted by atomic mass is 9.77. The van der Waals surface area contributed by atoms with Crippen molar-refractivity contribution in [1.82, 2.24) is 0 Å². The fourth-order valence-electron chi connectivity index (χ4n) is 4.32. The number of aliphatic hydroxyl groups is 2. The van der Waals surface area contributed by atoms with E-state index in [1.54, 1.807) is 0 Å². The topological polar surface area (TPSA) is 66.8 Å². The zero-order valence-corrected chi connectivity index (χ0v) is 11.7. The summed E-state index contributed by atoms with van der Waals surface area (Å²) in [5, 5.41) is 21.7. The Kier molecular flexibility index (Phi) is 2.64. The summed E-state index contributed by atoms with van der Waals surface area (Å²) < 4.78 is 5.06. The van der Waals surface area contributed by atoms with Crippen LogP contribution in [0.2, 0.25) is 0 Å². The highest BCUT2D eigenvalue weighted by Crippen LogP contribution is 2.55. The van der Waals surface area contributed by atoms with E-state index < -0.39 is 11.7 Å². The Bertz CT molecular complexity index is 453. The van der Waals surface area contributed by atoms with Crippen molar-refractivity contribution < 1.29 is 19.7 Å². The van der Waals surface area contributed by atoms with E-state index in [0.29, 0.717) is 12.0 Å². The Morgan fingerprint density at radius 1 is 1.42 bits per heavy atom. The molecule has 4 heteroatoms. The number of hydrogen-bond acceptors (Lipinski definition) is 4. The quantitative estimate of drug-likeness (QED) is 0.648. The fraction of sp³-hybridized carbons (Fsp3) is 0.800. The molecule has 0 amide bonds. The first-order valence-electron chi connectivity index (χ1n) is 7.04. The second-order valence-corrected chi connectivity index (χ2v) is 7.25. The Labute approximate surface area is 113 Å². The molecular formula is C15H22O4. The first-order valence-corrected chi connectivity index (χ1v) is 7.04. The molecule has 0 aromatic carbocycles. The zero-order valence-electron chi connectivity index (χ0n) is 11.7. The minimum absolute atomic E-state index is 0.0173. The monoisotopic (exact) mass is 266 g/mol. The third-order valence-electron chi connectivity index (χ3n) is 5.25. The minimum atomic E-state index is -0.916. The third kappa shape index (κ3) is 1.77. The van der Waals surface area contributed by atoms with Crippen LogP contribution in [0.15, 0.2) is 11.6 Å². The highest BCUT2D eigenvalue weighted by molar-refractivity contribution is 5.91. The van der Waals surface area contributed by atoms with Crippen LogP contribution >= 0.6 is 0 Å². The number of cyclic esters (lactones) is 1. The molecule has 2 N–H and O–H groups in total. The van der Waals surface area contributed by atoms with Gasteiger partial charge in [-0.1, -0.05) is 26.8 Å². The first-order chi connectivity index (χ1) is 8.74. The van der Waals surface area contributed by atoms with Crippen LogP contribution in [-0.4, -0.2) is 34.5 Å². The molecule has 4 nitrogen and oxygen atoms in total. The van der Waals surface area contributed by atoms with E-state index >= 15 is 0 Å². The summed E-state index contributed by atoms with van der Waals surface area (Å²) >= 11 is 0. The van der Waals surface area contributed by atoms with Crippen LogP contribution in [0, 0.1) is 23.2 Å². The Hall–Kier alpha value is -0.870. The number of rotatable bonds is 0. The molecule has 106 valence electrons. The van der Waals surface area contributed by atoms with E-state index in [4.69, 9.17) is 4.74 Å². The molecule has 1 heterocycles. The maximum Gasteiger partial charge on any atom is 0.334 e. The Balaban J connectivity index is 2.05. The van der Waals surface area contributed by atoms with E-state index in [9.17, 15) is 15.0 Å². The average molecular weight is 266 g/mol. The molecule has 3 aliphatic rings. The largest absolute Gasteiger partial charge is 0.462 e. The normalized spacial score (nSPS) is 48.1. The van der Waals surface area contributed by atoms with Gasteiger partial charge < -0.3 is 14.9 Å². The molecule has 2 aliphatic carbocycles. The molecule has 0 unspecified atom stereocenters. The summed E-state index contributed by atoms with van der Waals surface area (Å²) in [5.74, 6) is -0.938. The predicted octanol–water partition coefficient (Wildman–Crippen LogP) is 1.26. The van der Waals surface area contributed by atoms with Gasteiger partial charge in [-0.3, -0.25) is 0 Å².